The van der Waals surface area contributed by atoms with Crippen LogP contribution in [0.25, 0.3) is 0 Å². The van der Waals surface area contributed by atoms with Gasteiger partial charge in [0.05, 0.1) is 11.9 Å². The lowest BCUT2D eigenvalue weighted by Crippen LogP contribution is -2.53. The summed E-state index contributed by atoms with van der Waals surface area (Å²) >= 11 is 0. The van der Waals surface area contributed by atoms with Crippen molar-refractivity contribution in [1.29, 1.82) is 0 Å². The van der Waals surface area contributed by atoms with E-state index < -0.39 is 0 Å². The largest absolute Gasteiger partial charge is 0.322 e. The Morgan fingerprint density at radius 2 is 2.33 bits per heavy atom. The number of rotatable bonds is 2. The smallest absolute Gasteiger partial charge is 0.319 e. The van der Waals surface area contributed by atoms with Gasteiger partial charge in [0.25, 0.3) is 0 Å². The summed E-state index contributed by atoms with van der Waals surface area (Å²) in [7, 11) is 2.08. The van der Waals surface area contributed by atoms with Gasteiger partial charge in [-0.15, -0.1) is 0 Å². The van der Waals surface area contributed by atoms with E-state index >= 15 is 0 Å². The zero-order chi connectivity index (χ0) is 13.1. The Bertz CT molecular complexity index is 416. The Morgan fingerprint density at radius 1 is 1.56 bits per heavy atom. The Hall–Kier alpha value is -1.56. The summed E-state index contributed by atoms with van der Waals surface area (Å²) in [5.74, 6) is 0. The van der Waals surface area contributed by atoms with Crippen LogP contribution < -0.4 is 5.32 Å². The van der Waals surface area contributed by atoms with Crippen LogP contribution in [0.2, 0.25) is 0 Å². The van der Waals surface area contributed by atoms with Gasteiger partial charge in [0.15, 0.2) is 0 Å². The molecule has 1 fully saturated rings. The Kier molecular flexibility index (Phi) is 3.86. The molecule has 1 aromatic rings. The van der Waals surface area contributed by atoms with Crippen molar-refractivity contribution in [2.24, 2.45) is 0 Å². The lowest BCUT2D eigenvalue weighted by atomic mass is 10.2. The van der Waals surface area contributed by atoms with Crippen molar-refractivity contribution >= 4 is 11.7 Å². The van der Waals surface area contributed by atoms with Gasteiger partial charge in [0, 0.05) is 38.4 Å². The third kappa shape index (κ3) is 2.81. The molecule has 0 saturated carbocycles. The van der Waals surface area contributed by atoms with E-state index in [4.69, 9.17) is 0 Å². The van der Waals surface area contributed by atoms with Crippen molar-refractivity contribution in [2.45, 2.75) is 26.4 Å². The van der Waals surface area contributed by atoms with Crippen molar-refractivity contribution in [3.63, 3.8) is 0 Å². The van der Waals surface area contributed by atoms with Gasteiger partial charge in [-0.05, 0) is 20.9 Å². The highest BCUT2D eigenvalue weighted by Gasteiger charge is 2.25. The lowest BCUT2D eigenvalue weighted by molar-refractivity contribution is 0.125. The summed E-state index contributed by atoms with van der Waals surface area (Å²) in [6, 6.07) is 0.205. The first-order chi connectivity index (χ1) is 8.60. The molecular weight excluding hydrogens is 230 g/mol. The van der Waals surface area contributed by atoms with Crippen LogP contribution in [0.15, 0.2) is 12.4 Å². The molecule has 6 heteroatoms. The SMILES string of the molecule is CCn1cc(NC(=O)N2CCN(C)CC2C)cn1. The summed E-state index contributed by atoms with van der Waals surface area (Å²) in [5.41, 5.74) is 0.757. The Balaban J connectivity index is 1.95. The van der Waals surface area contributed by atoms with Crippen LogP contribution in [0, 0.1) is 0 Å². The van der Waals surface area contributed by atoms with E-state index in [9.17, 15) is 4.79 Å². The minimum absolute atomic E-state index is 0.0359. The summed E-state index contributed by atoms with van der Waals surface area (Å²) in [4.78, 5) is 16.3. The molecule has 0 bridgehead atoms. The maximum absolute atomic E-state index is 12.1. The van der Waals surface area contributed by atoms with Crippen LogP contribution in [-0.2, 0) is 6.54 Å². The van der Waals surface area contributed by atoms with Crippen LogP contribution in [0.4, 0.5) is 10.5 Å². The quantitative estimate of drug-likeness (QED) is 0.855. The monoisotopic (exact) mass is 251 g/mol. The standard InChI is InChI=1S/C12H21N5O/c1-4-16-9-11(7-13-16)14-12(18)17-6-5-15(3)8-10(17)2/h7,9-10H,4-6,8H2,1-3H3,(H,14,18). The predicted octanol–water partition coefficient (Wildman–Crippen LogP) is 1.07. The van der Waals surface area contributed by atoms with Crippen molar-refractivity contribution in [3.8, 4) is 0 Å². The van der Waals surface area contributed by atoms with Gasteiger partial charge in [-0.25, -0.2) is 4.79 Å². The number of anilines is 1. The first-order valence-corrected chi connectivity index (χ1v) is 6.38. The maximum Gasteiger partial charge on any atom is 0.322 e. The molecule has 1 atom stereocenters. The second-order valence-corrected chi connectivity index (χ2v) is 4.82. The fourth-order valence-electron chi connectivity index (χ4n) is 2.24. The Labute approximate surface area is 108 Å². The number of amides is 2. The molecular formula is C12H21N5O. The van der Waals surface area contributed by atoms with E-state index in [-0.39, 0.29) is 12.1 Å². The number of nitrogens with zero attached hydrogens (tertiary/aromatic N) is 4. The van der Waals surface area contributed by atoms with Gasteiger partial charge in [0.2, 0.25) is 0 Å². The highest BCUT2D eigenvalue weighted by Crippen LogP contribution is 2.11. The fourth-order valence-corrected chi connectivity index (χ4v) is 2.24. The molecule has 0 aliphatic carbocycles. The molecule has 1 aliphatic rings. The van der Waals surface area contributed by atoms with E-state index in [1.807, 2.05) is 18.0 Å². The molecule has 6 nitrogen and oxygen atoms in total. The minimum Gasteiger partial charge on any atom is -0.319 e. The van der Waals surface area contributed by atoms with Gasteiger partial charge in [-0.3, -0.25) is 4.68 Å². The lowest BCUT2D eigenvalue weighted by Gasteiger charge is -2.37. The van der Waals surface area contributed by atoms with Gasteiger partial charge < -0.3 is 15.1 Å². The summed E-state index contributed by atoms with van der Waals surface area (Å²) in [6.45, 7) is 7.51. The van der Waals surface area contributed by atoms with E-state index in [0.717, 1.165) is 31.9 Å². The summed E-state index contributed by atoms with van der Waals surface area (Å²) in [5, 5.41) is 7.04. The number of likely N-dealkylation sites (N-methyl/N-ethyl adjacent to an activating group) is 1. The molecule has 2 rings (SSSR count). The van der Waals surface area contributed by atoms with Crippen molar-refractivity contribution < 1.29 is 4.79 Å². The third-order valence-corrected chi connectivity index (χ3v) is 3.30. The van der Waals surface area contributed by atoms with Crippen LogP contribution in [0.3, 0.4) is 0 Å². The molecule has 100 valence electrons. The van der Waals surface area contributed by atoms with Crippen LogP contribution in [0.5, 0.6) is 0 Å². The molecule has 2 amide bonds. The molecule has 0 radical (unpaired) electrons. The zero-order valence-corrected chi connectivity index (χ0v) is 11.3. The average Bonchev–Trinajstić information content (AvgIpc) is 2.76. The van der Waals surface area contributed by atoms with Gasteiger partial charge in [-0.2, -0.15) is 5.10 Å². The first kappa shape index (κ1) is 12.9. The number of aryl methyl sites for hydroxylation is 1. The fraction of sp³-hybridized carbons (Fsp3) is 0.667. The van der Waals surface area contributed by atoms with E-state index in [0.29, 0.717) is 0 Å². The van der Waals surface area contributed by atoms with Crippen molar-refractivity contribution in [3.05, 3.63) is 12.4 Å². The van der Waals surface area contributed by atoms with Crippen molar-refractivity contribution in [1.82, 2.24) is 19.6 Å². The van der Waals surface area contributed by atoms with E-state index in [1.165, 1.54) is 0 Å². The zero-order valence-electron chi connectivity index (χ0n) is 11.3. The molecule has 1 aromatic heterocycles. The molecule has 0 aromatic carbocycles. The second-order valence-electron chi connectivity index (χ2n) is 4.82. The van der Waals surface area contributed by atoms with Gasteiger partial charge in [-0.1, -0.05) is 0 Å². The number of aromatic nitrogens is 2. The first-order valence-electron chi connectivity index (χ1n) is 6.38. The topological polar surface area (TPSA) is 53.4 Å². The molecule has 0 spiro atoms. The molecule has 1 saturated heterocycles. The molecule has 18 heavy (non-hydrogen) atoms. The molecule has 2 heterocycles. The molecule has 1 unspecified atom stereocenters. The summed E-state index contributed by atoms with van der Waals surface area (Å²) < 4.78 is 1.79. The normalized spacial score (nSPS) is 21.1. The second kappa shape index (κ2) is 5.39. The van der Waals surface area contributed by atoms with Gasteiger partial charge >= 0.3 is 6.03 Å². The molecule has 1 N–H and O–H groups in total. The van der Waals surface area contributed by atoms with Gasteiger partial charge in [0.1, 0.15) is 0 Å². The number of piperazine rings is 1. The van der Waals surface area contributed by atoms with Crippen molar-refractivity contribution in [2.75, 3.05) is 32.0 Å². The maximum atomic E-state index is 12.1. The average molecular weight is 251 g/mol. The summed E-state index contributed by atoms with van der Waals surface area (Å²) in [6.07, 6.45) is 3.53. The highest BCUT2D eigenvalue weighted by molar-refractivity contribution is 5.89. The number of urea groups is 1. The predicted molar refractivity (Wildman–Crippen MR) is 70.6 cm³/mol. The number of nitrogens with one attached hydrogen (secondary N) is 1. The number of hydrogen-bond acceptors (Lipinski definition) is 3. The minimum atomic E-state index is -0.0359. The Morgan fingerprint density at radius 3 is 2.94 bits per heavy atom. The van der Waals surface area contributed by atoms with E-state index in [1.54, 1.807) is 10.9 Å². The van der Waals surface area contributed by atoms with E-state index in [2.05, 4.69) is 29.3 Å². The van der Waals surface area contributed by atoms with Crippen LogP contribution in [0.1, 0.15) is 13.8 Å². The highest BCUT2D eigenvalue weighted by atomic mass is 16.2. The number of hydrogen-bond donors (Lipinski definition) is 1. The molecule has 1 aliphatic heterocycles. The number of carbonyl (C=O) groups excluding carboxylic acids is 1. The number of carbonyl (C=O) groups is 1. The van der Waals surface area contributed by atoms with Crippen LogP contribution in [-0.4, -0.2) is 58.3 Å². The third-order valence-electron chi connectivity index (χ3n) is 3.30. The van der Waals surface area contributed by atoms with Crippen LogP contribution >= 0.6 is 0 Å².